The Balaban J connectivity index is 2.27. The summed E-state index contributed by atoms with van der Waals surface area (Å²) in [7, 11) is 1.45. The second kappa shape index (κ2) is 7.30. The normalized spacial score (nSPS) is 10.0. The average molecular weight is 344 g/mol. The Morgan fingerprint density at radius 3 is 2.48 bits per heavy atom. The lowest BCUT2D eigenvalue weighted by Crippen LogP contribution is -2.13. The van der Waals surface area contributed by atoms with Crippen molar-refractivity contribution in [2.45, 2.75) is 6.92 Å². The quantitative estimate of drug-likeness (QED) is 0.433. The molecule has 0 fully saturated rings. The summed E-state index contributed by atoms with van der Waals surface area (Å²) >= 11 is 0. The van der Waals surface area contributed by atoms with Gasteiger partial charge in [-0.2, -0.15) is 0 Å². The number of nitrogens with one attached hydrogen (secondary N) is 2. The molecule has 130 valence electrons. The summed E-state index contributed by atoms with van der Waals surface area (Å²) in [5.74, 6) is -0.422. The van der Waals surface area contributed by atoms with Crippen LogP contribution in [0.15, 0.2) is 36.4 Å². The Kier molecular flexibility index (Phi) is 5.18. The van der Waals surface area contributed by atoms with Crippen LogP contribution in [0.1, 0.15) is 17.3 Å². The van der Waals surface area contributed by atoms with E-state index >= 15 is 0 Å². The number of methoxy groups -OCH3 is 1. The Morgan fingerprint density at radius 2 is 1.88 bits per heavy atom. The first-order chi connectivity index (χ1) is 11.8. The molecule has 0 aliphatic heterocycles. The van der Waals surface area contributed by atoms with Crippen LogP contribution in [0.4, 0.5) is 22.7 Å². The molecule has 2 amide bonds. The lowest BCUT2D eigenvalue weighted by Gasteiger charge is -2.12. The molecule has 0 aliphatic rings. The van der Waals surface area contributed by atoms with E-state index in [2.05, 4.69) is 10.6 Å². The van der Waals surface area contributed by atoms with Crippen LogP contribution in [-0.4, -0.2) is 23.8 Å². The van der Waals surface area contributed by atoms with E-state index in [0.717, 1.165) is 6.07 Å². The van der Waals surface area contributed by atoms with E-state index in [1.54, 1.807) is 12.1 Å². The third-order valence-electron chi connectivity index (χ3n) is 3.26. The number of nitrogens with zero attached hydrogens (tertiary/aromatic N) is 1. The third-order valence-corrected chi connectivity index (χ3v) is 3.26. The van der Waals surface area contributed by atoms with E-state index in [1.807, 2.05) is 0 Å². The number of ether oxygens (including phenoxy) is 1. The minimum absolute atomic E-state index is 0.0288. The molecule has 0 radical (unpaired) electrons. The highest BCUT2D eigenvalue weighted by atomic mass is 16.6. The number of hydrogen-bond donors (Lipinski definition) is 3. The highest BCUT2D eigenvalue weighted by Crippen LogP contribution is 2.28. The summed E-state index contributed by atoms with van der Waals surface area (Å²) in [6.07, 6.45) is 0. The van der Waals surface area contributed by atoms with Crippen LogP contribution in [0.5, 0.6) is 5.75 Å². The van der Waals surface area contributed by atoms with Crippen molar-refractivity contribution in [2.24, 2.45) is 0 Å². The summed E-state index contributed by atoms with van der Waals surface area (Å²) in [6, 6.07) is 8.45. The van der Waals surface area contributed by atoms with Gasteiger partial charge >= 0.3 is 0 Å². The molecule has 9 heteroatoms. The van der Waals surface area contributed by atoms with Crippen molar-refractivity contribution in [3.63, 3.8) is 0 Å². The predicted molar refractivity (Wildman–Crippen MR) is 92.8 cm³/mol. The molecule has 0 unspecified atom stereocenters. The molecule has 0 heterocycles. The van der Waals surface area contributed by atoms with Gasteiger partial charge in [-0.25, -0.2) is 0 Å². The van der Waals surface area contributed by atoms with E-state index in [1.165, 1.54) is 32.2 Å². The van der Waals surface area contributed by atoms with Crippen LogP contribution in [0.25, 0.3) is 0 Å². The van der Waals surface area contributed by atoms with Crippen LogP contribution < -0.4 is 21.1 Å². The van der Waals surface area contributed by atoms with E-state index in [0.29, 0.717) is 17.1 Å². The molecule has 2 rings (SSSR count). The topological polar surface area (TPSA) is 137 Å². The van der Waals surface area contributed by atoms with E-state index < -0.39 is 10.8 Å². The fraction of sp³-hybridized carbons (Fsp3) is 0.125. The Labute approximate surface area is 142 Å². The molecule has 0 saturated carbocycles. The molecule has 9 nitrogen and oxygen atoms in total. The summed E-state index contributed by atoms with van der Waals surface area (Å²) in [5.41, 5.74) is 5.99. The van der Waals surface area contributed by atoms with Gasteiger partial charge in [-0.1, -0.05) is 0 Å². The molecule has 0 bridgehead atoms. The summed E-state index contributed by atoms with van der Waals surface area (Å²) in [6.45, 7) is 1.35. The zero-order chi connectivity index (χ0) is 18.6. The van der Waals surface area contributed by atoms with Gasteiger partial charge in [-0.3, -0.25) is 19.7 Å². The smallest absolute Gasteiger partial charge is 0.292 e. The molecule has 0 aliphatic carbocycles. The molecule has 2 aromatic rings. The number of nitrogens with two attached hydrogens (primary N) is 1. The van der Waals surface area contributed by atoms with Crippen LogP contribution in [-0.2, 0) is 4.79 Å². The molecule has 0 spiro atoms. The summed E-state index contributed by atoms with van der Waals surface area (Å²) in [4.78, 5) is 33.8. The van der Waals surface area contributed by atoms with E-state index in [-0.39, 0.29) is 22.8 Å². The first kappa shape index (κ1) is 17.7. The lowest BCUT2D eigenvalue weighted by atomic mass is 10.1. The Morgan fingerprint density at radius 1 is 1.16 bits per heavy atom. The number of carbonyl (C=O) groups excluding carboxylic acids is 2. The zero-order valence-electron chi connectivity index (χ0n) is 13.5. The average Bonchev–Trinajstić information content (AvgIpc) is 2.54. The second-order valence-corrected chi connectivity index (χ2v) is 5.08. The molecular weight excluding hydrogens is 328 g/mol. The van der Waals surface area contributed by atoms with Gasteiger partial charge in [-0.05, 0) is 30.3 Å². The van der Waals surface area contributed by atoms with Crippen molar-refractivity contribution in [3.05, 3.63) is 52.1 Å². The van der Waals surface area contributed by atoms with Crippen LogP contribution in [0.2, 0.25) is 0 Å². The SMILES string of the molecule is COc1ccc(NC(=O)c2ccc(N)c([N+](=O)[O-])c2)cc1NC(C)=O. The fourth-order valence-corrected chi connectivity index (χ4v) is 2.12. The van der Waals surface area contributed by atoms with Crippen molar-refractivity contribution in [3.8, 4) is 5.75 Å². The van der Waals surface area contributed by atoms with Crippen LogP contribution >= 0.6 is 0 Å². The molecule has 0 saturated heterocycles. The third kappa shape index (κ3) is 4.22. The van der Waals surface area contributed by atoms with Crippen molar-refractivity contribution in [1.82, 2.24) is 0 Å². The number of amides is 2. The number of carbonyl (C=O) groups is 2. The van der Waals surface area contributed by atoms with Gasteiger partial charge in [0, 0.05) is 24.2 Å². The van der Waals surface area contributed by atoms with Gasteiger partial charge in [0.1, 0.15) is 11.4 Å². The Bertz CT molecular complexity index is 850. The van der Waals surface area contributed by atoms with Crippen molar-refractivity contribution in [2.75, 3.05) is 23.5 Å². The fourth-order valence-electron chi connectivity index (χ4n) is 2.12. The number of benzene rings is 2. The van der Waals surface area contributed by atoms with Crippen molar-refractivity contribution < 1.29 is 19.2 Å². The van der Waals surface area contributed by atoms with Crippen molar-refractivity contribution in [1.29, 1.82) is 0 Å². The monoisotopic (exact) mass is 344 g/mol. The number of nitro benzene ring substituents is 1. The maximum absolute atomic E-state index is 12.3. The highest BCUT2D eigenvalue weighted by molar-refractivity contribution is 6.05. The van der Waals surface area contributed by atoms with Gasteiger partial charge in [0.2, 0.25) is 5.91 Å². The van der Waals surface area contributed by atoms with Gasteiger partial charge in [0.15, 0.2) is 0 Å². The maximum atomic E-state index is 12.3. The molecular formula is C16H16N4O5. The number of rotatable bonds is 5. The number of hydrogen-bond acceptors (Lipinski definition) is 6. The zero-order valence-corrected chi connectivity index (χ0v) is 13.5. The molecule has 2 aromatic carbocycles. The summed E-state index contributed by atoms with van der Waals surface area (Å²) in [5, 5.41) is 16.1. The van der Waals surface area contributed by atoms with Gasteiger partial charge < -0.3 is 21.1 Å². The largest absolute Gasteiger partial charge is 0.495 e. The van der Waals surface area contributed by atoms with Crippen molar-refractivity contribution >= 4 is 34.6 Å². The first-order valence-corrected chi connectivity index (χ1v) is 7.12. The van der Waals surface area contributed by atoms with Gasteiger partial charge in [0.05, 0.1) is 17.7 Å². The number of nitro groups is 1. The van der Waals surface area contributed by atoms with Crippen LogP contribution in [0, 0.1) is 10.1 Å². The molecule has 0 atom stereocenters. The lowest BCUT2D eigenvalue weighted by molar-refractivity contribution is -0.383. The predicted octanol–water partition coefficient (Wildman–Crippen LogP) is 2.40. The maximum Gasteiger partial charge on any atom is 0.292 e. The minimum Gasteiger partial charge on any atom is -0.495 e. The van der Waals surface area contributed by atoms with Gasteiger partial charge in [-0.15, -0.1) is 0 Å². The first-order valence-electron chi connectivity index (χ1n) is 7.12. The number of anilines is 3. The molecule has 0 aromatic heterocycles. The molecule has 4 N–H and O–H groups in total. The summed E-state index contributed by atoms with van der Waals surface area (Å²) < 4.78 is 5.13. The van der Waals surface area contributed by atoms with Gasteiger partial charge in [0.25, 0.3) is 11.6 Å². The molecule has 25 heavy (non-hydrogen) atoms. The second-order valence-electron chi connectivity index (χ2n) is 5.08. The Hall–Kier alpha value is -3.62. The highest BCUT2D eigenvalue weighted by Gasteiger charge is 2.16. The van der Waals surface area contributed by atoms with Crippen LogP contribution in [0.3, 0.4) is 0 Å². The standard InChI is InChI=1S/C16H16N4O5/c1-9(21)18-13-8-11(4-6-15(13)25-2)19-16(22)10-3-5-12(17)14(7-10)20(23)24/h3-8H,17H2,1-2H3,(H,18,21)(H,19,22). The minimum atomic E-state index is -0.658. The number of nitrogen functional groups attached to an aromatic ring is 1. The van der Waals surface area contributed by atoms with E-state index in [4.69, 9.17) is 10.5 Å². The van der Waals surface area contributed by atoms with E-state index in [9.17, 15) is 19.7 Å².